The van der Waals surface area contributed by atoms with Crippen molar-refractivity contribution in [3.8, 4) is 0 Å². The van der Waals surface area contributed by atoms with Crippen molar-refractivity contribution in [2.45, 2.75) is 5.92 Å². The summed E-state index contributed by atoms with van der Waals surface area (Å²) in [6.07, 6.45) is 0. The minimum absolute atomic E-state index is 0.270. The topological polar surface area (TPSA) is 37.3 Å². The molecule has 0 unspecified atom stereocenters. The molecule has 0 heterocycles. The lowest BCUT2D eigenvalue weighted by molar-refractivity contribution is 0.0388. The monoisotopic (exact) mass is 266 g/mol. The van der Waals surface area contributed by atoms with Gasteiger partial charge in [-0.2, -0.15) is 8.78 Å². The number of halogens is 3. The first kappa shape index (κ1) is 13.1. The minimum Gasteiger partial charge on any atom is -0.478 e. The van der Waals surface area contributed by atoms with E-state index in [2.05, 4.69) is 0 Å². The molecule has 2 nitrogen and oxygen atoms in total. The predicted octanol–water partition coefficient (Wildman–Crippen LogP) is 3.66. The summed E-state index contributed by atoms with van der Waals surface area (Å²) in [5.74, 6) is -5.93. The van der Waals surface area contributed by atoms with E-state index in [-0.39, 0.29) is 5.56 Å². The molecule has 0 aliphatic heterocycles. The van der Waals surface area contributed by atoms with Crippen LogP contribution in [0.1, 0.15) is 21.5 Å². The number of rotatable bonds is 3. The van der Waals surface area contributed by atoms with E-state index in [1.807, 2.05) is 0 Å². The summed E-state index contributed by atoms with van der Waals surface area (Å²) >= 11 is 0. The molecule has 0 spiro atoms. The van der Waals surface area contributed by atoms with Gasteiger partial charge in [0.25, 0.3) is 0 Å². The van der Waals surface area contributed by atoms with Gasteiger partial charge in [-0.3, -0.25) is 0 Å². The van der Waals surface area contributed by atoms with Gasteiger partial charge in [0.2, 0.25) is 0 Å². The Morgan fingerprint density at radius 3 is 2.37 bits per heavy atom. The number of alkyl halides is 2. The van der Waals surface area contributed by atoms with Crippen LogP contribution < -0.4 is 0 Å². The van der Waals surface area contributed by atoms with Gasteiger partial charge in [-0.1, -0.05) is 24.3 Å². The number of hydrogen-bond donors (Lipinski definition) is 1. The van der Waals surface area contributed by atoms with Crippen molar-refractivity contribution >= 4 is 5.97 Å². The van der Waals surface area contributed by atoms with Gasteiger partial charge in [-0.15, -0.1) is 0 Å². The summed E-state index contributed by atoms with van der Waals surface area (Å²) in [6.45, 7) is 0. The Morgan fingerprint density at radius 2 is 1.74 bits per heavy atom. The predicted molar refractivity (Wildman–Crippen MR) is 62.8 cm³/mol. The van der Waals surface area contributed by atoms with Gasteiger partial charge in [0.1, 0.15) is 5.82 Å². The van der Waals surface area contributed by atoms with Gasteiger partial charge < -0.3 is 5.11 Å². The van der Waals surface area contributed by atoms with Crippen LogP contribution in [0.3, 0.4) is 0 Å². The number of benzene rings is 2. The Labute approximate surface area is 107 Å². The van der Waals surface area contributed by atoms with E-state index in [1.165, 1.54) is 24.3 Å². The highest BCUT2D eigenvalue weighted by Gasteiger charge is 2.36. The van der Waals surface area contributed by atoms with Crippen LogP contribution in [0, 0.1) is 5.82 Å². The van der Waals surface area contributed by atoms with Gasteiger partial charge in [-0.05, 0) is 24.3 Å². The fourth-order valence-corrected chi connectivity index (χ4v) is 1.72. The Hall–Kier alpha value is -2.30. The first-order valence-corrected chi connectivity index (χ1v) is 5.39. The third kappa shape index (κ3) is 2.45. The third-order valence-corrected chi connectivity index (χ3v) is 2.68. The van der Waals surface area contributed by atoms with Crippen LogP contribution in [0.15, 0.2) is 48.5 Å². The molecule has 0 aromatic heterocycles. The van der Waals surface area contributed by atoms with Crippen molar-refractivity contribution in [1.82, 2.24) is 0 Å². The highest BCUT2D eigenvalue weighted by atomic mass is 19.3. The summed E-state index contributed by atoms with van der Waals surface area (Å²) in [7, 11) is 0. The Morgan fingerprint density at radius 1 is 1.05 bits per heavy atom. The maximum Gasteiger partial charge on any atom is 0.335 e. The van der Waals surface area contributed by atoms with Crippen LogP contribution in [0.4, 0.5) is 13.2 Å². The van der Waals surface area contributed by atoms with Gasteiger partial charge >= 0.3 is 11.9 Å². The molecule has 98 valence electrons. The molecule has 0 bridgehead atoms. The summed E-state index contributed by atoms with van der Waals surface area (Å²) in [6, 6.07) is 8.83. The molecule has 2 aromatic carbocycles. The summed E-state index contributed by atoms with van der Waals surface area (Å²) in [5, 5.41) is 8.78. The van der Waals surface area contributed by atoms with Crippen LogP contribution >= 0.6 is 0 Å². The van der Waals surface area contributed by atoms with Crippen molar-refractivity contribution in [2.24, 2.45) is 0 Å². The SMILES string of the molecule is O=C(O)c1cccc(C(F)(F)c2ccccc2F)c1. The molecule has 0 aliphatic rings. The van der Waals surface area contributed by atoms with Crippen molar-refractivity contribution in [2.75, 3.05) is 0 Å². The highest BCUT2D eigenvalue weighted by molar-refractivity contribution is 5.87. The van der Waals surface area contributed by atoms with Gasteiger partial charge in [0.05, 0.1) is 11.1 Å². The average Bonchev–Trinajstić information content (AvgIpc) is 2.39. The van der Waals surface area contributed by atoms with E-state index in [9.17, 15) is 18.0 Å². The van der Waals surface area contributed by atoms with Crippen LogP contribution in [0.5, 0.6) is 0 Å². The lowest BCUT2D eigenvalue weighted by Gasteiger charge is -2.18. The summed E-state index contributed by atoms with van der Waals surface area (Å²) in [4.78, 5) is 10.8. The molecule has 2 rings (SSSR count). The maximum absolute atomic E-state index is 14.2. The Balaban J connectivity index is 2.53. The lowest BCUT2D eigenvalue weighted by Crippen LogP contribution is -2.17. The summed E-state index contributed by atoms with van der Waals surface area (Å²) < 4.78 is 41.8. The molecule has 0 radical (unpaired) electrons. The zero-order valence-electron chi connectivity index (χ0n) is 9.61. The largest absolute Gasteiger partial charge is 0.478 e. The van der Waals surface area contributed by atoms with Crippen molar-refractivity contribution in [3.05, 3.63) is 71.0 Å². The zero-order valence-corrected chi connectivity index (χ0v) is 9.61. The second-order valence-corrected chi connectivity index (χ2v) is 3.94. The summed E-state index contributed by atoms with van der Waals surface area (Å²) in [5.41, 5.74) is -1.61. The standard InChI is InChI=1S/C14H9F3O2/c15-12-7-2-1-6-11(12)14(16,17)10-5-3-4-9(8-10)13(18)19/h1-8H,(H,18,19). The molecule has 0 atom stereocenters. The molecule has 1 N–H and O–H groups in total. The fourth-order valence-electron chi connectivity index (χ4n) is 1.72. The first-order valence-electron chi connectivity index (χ1n) is 5.39. The number of aromatic carboxylic acids is 1. The van der Waals surface area contributed by atoms with E-state index in [1.54, 1.807) is 0 Å². The van der Waals surface area contributed by atoms with Crippen molar-refractivity contribution < 1.29 is 23.1 Å². The average molecular weight is 266 g/mol. The van der Waals surface area contributed by atoms with Crippen molar-refractivity contribution in [1.29, 1.82) is 0 Å². The van der Waals surface area contributed by atoms with Crippen LogP contribution in [-0.2, 0) is 5.92 Å². The van der Waals surface area contributed by atoms with E-state index >= 15 is 0 Å². The number of hydrogen-bond acceptors (Lipinski definition) is 1. The smallest absolute Gasteiger partial charge is 0.335 e. The Kier molecular flexibility index (Phi) is 3.29. The number of carboxylic acid groups (broad SMARTS) is 1. The maximum atomic E-state index is 14.2. The molecular formula is C14H9F3O2. The van der Waals surface area contributed by atoms with E-state index in [0.29, 0.717) is 0 Å². The van der Waals surface area contributed by atoms with Gasteiger partial charge in [-0.25, -0.2) is 9.18 Å². The Bertz CT molecular complexity index is 624. The minimum atomic E-state index is -3.59. The van der Waals surface area contributed by atoms with Crippen LogP contribution in [0.25, 0.3) is 0 Å². The molecule has 0 saturated heterocycles. The van der Waals surface area contributed by atoms with Crippen molar-refractivity contribution in [3.63, 3.8) is 0 Å². The molecule has 0 saturated carbocycles. The van der Waals surface area contributed by atoms with E-state index in [0.717, 1.165) is 24.3 Å². The molecule has 19 heavy (non-hydrogen) atoms. The first-order chi connectivity index (χ1) is 8.93. The second-order valence-electron chi connectivity index (χ2n) is 3.94. The quantitative estimate of drug-likeness (QED) is 0.920. The molecule has 5 heteroatoms. The van der Waals surface area contributed by atoms with E-state index < -0.39 is 28.8 Å². The fraction of sp³-hybridized carbons (Fsp3) is 0.0714. The molecular weight excluding hydrogens is 257 g/mol. The van der Waals surface area contributed by atoms with E-state index in [4.69, 9.17) is 5.11 Å². The van der Waals surface area contributed by atoms with Gasteiger partial charge in [0.15, 0.2) is 0 Å². The molecule has 0 amide bonds. The number of carbonyl (C=O) groups is 1. The molecule has 0 aliphatic carbocycles. The normalized spacial score (nSPS) is 11.3. The zero-order chi connectivity index (χ0) is 14.0. The second kappa shape index (κ2) is 4.76. The molecule has 2 aromatic rings. The molecule has 0 fully saturated rings. The van der Waals surface area contributed by atoms with Crippen LogP contribution in [0.2, 0.25) is 0 Å². The third-order valence-electron chi connectivity index (χ3n) is 2.68. The number of carboxylic acids is 1. The lowest BCUT2D eigenvalue weighted by atomic mass is 9.98. The van der Waals surface area contributed by atoms with Gasteiger partial charge in [0, 0.05) is 5.56 Å². The van der Waals surface area contributed by atoms with Crippen LogP contribution in [-0.4, -0.2) is 11.1 Å². The highest BCUT2D eigenvalue weighted by Crippen LogP contribution is 2.37.